The molecule has 6 N–H and O–H groups in total. The number of hydrogen-bond donors (Lipinski definition) is 5. The van der Waals surface area contributed by atoms with E-state index in [4.69, 9.17) is 25.7 Å². The predicted octanol–water partition coefficient (Wildman–Crippen LogP) is 3.54. The van der Waals surface area contributed by atoms with Gasteiger partial charge in [-0.15, -0.1) is 0 Å². The van der Waals surface area contributed by atoms with E-state index in [-0.39, 0.29) is 23.9 Å². The van der Waals surface area contributed by atoms with Crippen molar-refractivity contribution in [3.8, 4) is 11.5 Å². The number of methoxy groups -OCH3 is 2. The Bertz CT molecular complexity index is 1230. The number of carbonyl (C=O) groups is 2. The molecular weight excluding hydrogens is 448 g/mol. The van der Waals surface area contributed by atoms with Gasteiger partial charge in [-0.1, -0.05) is 24.3 Å². The quantitative estimate of drug-likeness (QED) is 0.222. The van der Waals surface area contributed by atoms with Crippen LogP contribution in [0, 0.1) is 12.3 Å². The second kappa shape index (κ2) is 11.1. The summed E-state index contributed by atoms with van der Waals surface area (Å²) >= 11 is 0. The highest BCUT2D eigenvalue weighted by atomic mass is 16.5. The number of nitrogen functional groups attached to an aromatic ring is 1. The summed E-state index contributed by atoms with van der Waals surface area (Å²) < 4.78 is 10.7. The molecule has 0 heterocycles. The summed E-state index contributed by atoms with van der Waals surface area (Å²) in [5.74, 6) is -0.255. The molecule has 0 fully saturated rings. The van der Waals surface area contributed by atoms with E-state index in [0.29, 0.717) is 34.9 Å². The fourth-order valence-electron chi connectivity index (χ4n) is 3.52. The zero-order valence-electron chi connectivity index (χ0n) is 19.8. The molecule has 0 radical (unpaired) electrons. The molecule has 35 heavy (non-hydrogen) atoms. The Morgan fingerprint density at radius 2 is 1.51 bits per heavy atom. The Morgan fingerprint density at radius 3 is 2.06 bits per heavy atom. The van der Waals surface area contributed by atoms with E-state index in [1.165, 1.54) is 26.4 Å². The lowest BCUT2D eigenvalue weighted by Gasteiger charge is -2.16. The third-order valence-electron chi connectivity index (χ3n) is 5.56. The average Bonchev–Trinajstić information content (AvgIpc) is 2.86. The first-order valence-electron chi connectivity index (χ1n) is 10.8. The highest BCUT2D eigenvalue weighted by molar-refractivity contribution is 5.97. The molecule has 1 amide bonds. The number of carboxylic acid groups (broad SMARTS) is 1. The van der Waals surface area contributed by atoms with E-state index in [0.717, 1.165) is 16.7 Å². The van der Waals surface area contributed by atoms with Gasteiger partial charge < -0.3 is 30.9 Å². The standard InChI is InChI=1S/C26H28N4O5/c1-15-22(34-2)11-20(12-23(15)35-3)25(31)30-14-19-9-8-18(24(27)28)10-21(19)29-13-16-4-6-17(7-5-16)26(32)33/h4-12,29H,13-14H2,1-3H3,(H3,27,28)(H,30,31)(H,32,33). The van der Waals surface area contributed by atoms with Crippen molar-refractivity contribution in [3.05, 3.63) is 88.0 Å². The van der Waals surface area contributed by atoms with Crippen molar-refractivity contribution in [2.24, 2.45) is 5.73 Å². The lowest BCUT2D eigenvalue weighted by Crippen LogP contribution is -2.24. The minimum Gasteiger partial charge on any atom is -0.496 e. The second-order valence-electron chi connectivity index (χ2n) is 7.83. The molecule has 0 aliphatic heterocycles. The smallest absolute Gasteiger partial charge is 0.335 e. The van der Waals surface area contributed by atoms with Crippen LogP contribution in [-0.4, -0.2) is 37.0 Å². The molecule has 3 rings (SSSR count). The monoisotopic (exact) mass is 476 g/mol. The van der Waals surface area contributed by atoms with Gasteiger partial charge in [0.1, 0.15) is 17.3 Å². The Morgan fingerprint density at radius 1 is 0.914 bits per heavy atom. The summed E-state index contributed by atoms with van der Waals surface area (Å²) in [4.78, 5) is 23.9. The van der Waals surface area contributed by atoms with Crippen molar-refractivity contribution < 1.29 is 24.2 Å². The number of hydrogen-bond acceptors (Lipinski definition) is 6. The molecule has 182 valence electrons. The Kier molecular flexibility index (Phi) is 7.93. The van der Waals surface area contributed by atoms with Gasteiger partial charge in [0.25, 0.3) is 5.91 Å². The first-order valence-corrected chi connectivity index (χ1v) is 10.8. The third-order valence-corrected chi connectivity index (χ3v) is 5.56. The van der Waals surface area contributed by atoms with Gasteiger partial charge in [-0.25, -0.2) is 4.79 Å². The van der Waals surface area contributed by atoms with Crippen molar-refractivity contribution in [1.82, 2.24) is 5.32 Å². The molecule has 0 aliphatic rings. The van der Waals surface area contributed by atoms with E-state index in [9.17, 15) is 9.59 Å². The maximum Gasteiger partial charge on any atom is 0.335 e. The number of carbonyl (C=O) groups excluding carboxylic acids is 1. The number of carboxylic acids is 1. The van der Waals surface area contributed by atoms with E-state index >= 15 is 0 Å². The second-order valence-corrected chi connectivity index (χ2v) is 7.83. The number of amides is 1. The molecule has 9 nitrogen and oxygen atoms in total. The van der Waals surface area contributed by atoms with E-state index in [2.05, 4.69) is 10.6 Å². The van der Waals surface area contributed by atoms with Gasteiger partial charge >= 0.3 is 5.97 Å². The summed E-state index contributed by atoms with van der Waals surface area (Å²) in [6.07, 6.45) is 0. The highest BCUT2D eigenvalue weighted by Crippen LogP contribution is 2.29. The fourth-order valence-corrected chi connectivity index (χ4v) is 3.52. The number of anilines is 1. The number of nitrogens with two attached hydrogens (primary N) is 1. The number of ether oxygens (including phenoxy) is 2. The summed E-state index contributed by atoms with van der Waals surface area (Å²) in [7, 11) is 3.07. The summed E-state index contributed by atoms with van der Waals surface area (Å²) in [5.41, 5.74) is 9.96. The van der Waals surface area contributed by atoms with Gasteiger partial charge in [0.05, 0.1) is 19.8 Å². The lowest BCUT2D eigenvalue weighted by molar-refractivity contribution is 0.0696. The molecule has 0 saturated heterocycles. The van der Waals surface area contributed by atoms with Crippen LogP contribution in [0.2, 0.25) is 0 Å². The molecular formula is C26H28N4O5. The number of benzene rings is 3. The third kappa shape index (κ3) is 6.08. The summed E-state index contributed by atoms with van der Waals surface area (Å²) in [5, 5.41) is 23.0. The molecule has 3 aromatic carbocycles. The first kappa shape index (κ1) is 25.1. The molecule has 0 atom stereocenters. The molecule has 0 aromatic heterocycles. The van der Waals surface area contributed by atoms with Crippen LogP contribution >= 0.6 is 0 Å². The van der Waals surface area contributed by atoms with E-state index in [1.54, 1.807) is 42.5 Å². The number of aromatic carboxylic acids is 1. The van der Waals surface area contributed by atoms with Crippen LogP contribution in [0.4, 0.5) is 5.69 Å². The normalized spacial score (nSPS) is 10.4. The van der Waals surface area contributed by atoms with Crippen molar-refractivity contribution >= 4 is 23.4 Å². The first-order chi connectivity index (χ1) is 16.7. The van der Waals surface area contributed by atoms with E-state index in [1.807, 2.05) is 6.92 Å². The van der Waals surface area contributed by atoms with Gasteiger partial charge in [0.15, 0.2) is 0 Å². The van der Waals surface area contributed by atoms with Crippen LogP contribution in [0.5, 0.6) is 11.5 Å². The SMILES string of the molecule is COc1cc(C(=O)NCc2ccc(C(=N)N)cc2NCc2ccc(C(=O)O)cc2)cc(OC)c1C. The fraction of sp³-hybridized carbons (Fsp3) is 0.192. The van der Waals surface area contributed by atoms with Crippen molar-refractivity contribution in [1.29, 1.82) is 5.41 Å². The van der Waals surface area contributed by atoms with Gasteiger partial charge in [-0.3, -0.25) is 10.2 Å². The topological polar surface area (TPSA) is 147 Å². The van der Waals surface area contributed by atoms with Crippen LogP contribution in [0.3, 0.4) is 0 Å². The van der Waals surface area contributed by atoms with Crippen LogP contribution in [0.25, 0.3) is 0 Å². The molecule has 0 saturated carbocycles. The minimum absolute atomic E-state index is 0.0757. The molecule has 0 spiro atoms. The molecule has 9 heteroatoms. The van der Waals surface area contributed by atoms with Crippen LogP contribution < -0.4 is 25.8 Å². The zero-order chi connectivity index (χ0) is 25.5. The van der Waals surface area contributed by atoms with Crippen molar-refractivity contribution in [2.75, 3.05) is 19.5 Å². The number of rotatable bonds is 10. The zero-order valence-corrected chi connectivity index (χ0v) is 19.8. The largest absolute Gasteiger partial charge is 0.496 e. The lowest BCUT2D eigenvalue weighted by atomic mass is 10.1. The Labute approximate surface area is 203 Å². The van der Waals surface area contributed by atoms with Gasteiger partial charge in [-0.05, 0) is 48.4 Å². The molecule has 0 aliphatic carbocycles. The van der Waals surface area contributed by atoms with Gasteiger partial charge in [-0.2, -0.15) is 0 Å². The minimum atomic E-state index is -0.986. The van der Waals surface area contributed by atoms with Crippen LogP contribution in [0.15, 0.2) is 54.6 Å². The average molecular weight is 477 g/mol. The van der Waals surface area contributed by atoms with Crippen LogP contribution in [-0.2, 0) is 13.1 Å². The van der Waals surface area contributed by atoms with Crippen molar-refractivity contribution in [3.63, 3.8) is 0 Å². The van der Waals surface area contributed by atoms with Gasteiger partial charge in [0.2, 0.25) is 0 Å². The maximum atomic E-state index is 12.9. The Hall–Kier alpha value is -4.53. The van der Waals surface area contributed by atoms with Crippen molar-refractivity contribution in [2.45, 2.75) is 20.0 Å². The maximum absolute atomic E-state index is 12.9. The molecule has 3 aromatic rings. The Balaban J connectivity index is 1.78. The van der Waals surface area contributed by atoms with E-state index < -0.39 is 5.97 Å². The summed E-state index contributed by atoms with van der Waals surface area (Å²) in [6.45, 7) is 2.48. The molecule has 0 unspecified atom stereocenters. The molecule has 0 bridgehead atoms. The summed E-state index contributed by atoms with van der Waals surface area (Å²) in [6, 6.07) is 15.1. The number of nitrogens with one attached hydrogen (secondary N) is 3. The number of amidine groups is 1. The predicted molar refractivity (Wildman–Crippen MR) is 134 cm³/mol. The van der Waals surface area contributed by atoms with Crippen LogP contribution in [0.1, 0.15) is 43.0 Å². The highest BCUT2D eigenvalue weighted by Gasteiger charge is 2.15. The van der Waals surface area contributed by atoms with Gasteiger partial charge in [0, 0.05) is 35.5 Å².